The standard InChI is InChI=1S/C22H19NO4/c1-26-17-12-16(13-18(14-17)27-2)23-22(25)20-11-7-6-10-19(20)21(24)15-8-4-3-5-9-15/h3-14H,1-2H3,(H,23,25). The van der Waals surface area contributed by atoms with E-state index in [1.807, 2.05) is 6.07 Å². The maximum atomic E-state index is 12.8. The van der Waals surface area contributed by atoms with Gasteiger partial charge in [0.15, 0.2) is 5.78 Å². The second kappa shape index (κ2) is 8.19. The fourth-order valence-corrected chi connectivity index (χ4v) is 2.70. The van der Waals surface area contributed by atoms with E-state index in [1.54, 1.807) is 66.7 Å². The summed E-state index contributed by atoms with van der Waals surface area (Å²) >= 11 is 0. The number of amides is 1. The van der Waals surface area contributed by atoms with E-state index in [0.717, 1.165) is 0 Å². The molecule has 0 aliphatic heterocycles. The van der Waals surface area contributed by atoms with Crippen molar-refractivity contribution < 1.29 is 19.1 Å². The van der Waals surface area contributed by atoms with Crippen LogP contribution in [0.5, 0.6) is 11.5 Å². The SMILES string of the molecule is COc1cc(NC(=O)c2ccccc2C(=O)c2ccccc2)cc(OC)c1. The Hall–Kier alpha value is -3.60. The Kier molecular flexibility index (Phi) is 5.52. The number of anilines is 1. The third kappa shape index (κ3) is 4.15. The summed E-state index contributed by atoms with van der Waals surface area (Å²) in [5.41, 5.74) is 1.68. The van der Waals surface area contributed by atoms with Crippen LogP contribution in [-0.2, 0) is 0 Å². The lowest BCUT2D eigenvalue weighted by Gasteiger charge is -2.12. The van der Waals surface area contributed by atoms with E-state index >= 15 is 0 Å². The van der Waals surface area contributed by atoms with Gasteiger partial charge in [0.25, 0.3) is 5.91 Å². The van der Waals surface area contributed by atoms with Gasteiger partial charge in [-0.1, -0.05) is 48.5 Å². The van der Waals surface area contributed by atoms with Crippen LogP contribution >= 0.6 is 0 Å². The first kappa shape index (κ1) is 18.2. The second-order valence-electron chi connectivity index (χ2n) is 5.80. The smallest absolute Gasteiger partial charge is 0.256 e. The topological polar surface area (TPSA) is 64.6 Å². The first-order chi connectivity index (χ1) is 13.1. The monoisotopic (exact) mass is 361 g/mol. The Morgan fingerprint density at radius 1 is 0.741 bits per heavy atom. The number of hydrogen-bond acceptors (Lipinski definition) is 4. The van der Waals surface area contributed by atoms with Gasteiger partial charge >= 0.3 is 0 Å². The summed E-state index contributed by atoms with van der Waals surface area (Å²) < 4.78 is 10.4. The van der Waals surface area contributed by atoms with Gasteiger partial charge in [0.1, 0.15) is 11.5 Å². The Bertz CT molecular complexity index is 945. The minimum atomic E-state index is -0.384. The fraction of sp³-hybridized carbons (Fsp3) is 0.0909. The molecule has 0 heterocycles. The quantitative estimate of drug-likeness (QED) is 0.669. The van der Waals surface area contributed by atoms with E-state index in [4.69, 9.17) is 9.47 Å². The number of ether oxygens (including phenoxy) is 2. The maximum Gasteiger partial charge on any atom is 0.256 e. The Balaban J connectivity index is 1.91. The number of ketones is 1. The van der Waals surface area contributed by atoms with Crippen molar-refractivity contribution in [3.8, 4) is 11.5 Å². The molecule has 0 radical (unpaired) electrons. The molecule has 1 N–H and O–H groups in total. The summed E-state index contributed by atoms with van der Waals surface area (Å²) in [4.78, 5) is 25.6. The maximum absolute atomic E-state index is 12.8. The number of benzene rings is 3. The number of carbonyl (C=O) groups excluding carboxylic acids is 2. The van der Waals surface area contributed by atoms with Crippen LogP contribution in [0.4, 0.5) is 5.69 Å². The molecule has 0 unspecified atom stereocenters. The molecular weight excluding hydrogens is 342 g/mol. The molecule has 0 aliphatic carbocycles. The van der Waals surface area contributed by atoms with E-state index in [9.17, 15) is 9.59 Å². The van der Waals surface area contributed by atoms with Gasteiger partial charge in [-0.3, -0.25) is 9.59 Å². The lowest BCUT2D eigenvalue weighted by atomic mass is 9.98. The molecule has 3 aromatic rings. The van der Waals surface area contributed by atoms with Crippen LogP contribution in [0.2, 0.25) is 0 Å². The minimum absolute atomic E-state index is 0.204. The molecule has 0 aliphatic rings. The fourth-order valence-electron chi connectivity index (χ4n) is 2.70. The predicted octanol–water partition coefficient (Wildman–Crippen LogP) is 4.19. The number of hydrogen-bond donors (Lipinski definition) is 1. The van der Waals surface area contributed by atoms with Gasteiger partial charge in [0, 0.05) is 35.0 Å². The van der Waals surface area contributed by atoms with Gasteiger partial charge in [-0.05, 0) is 6.07 Å². The van der Waals surface area contributed by atoms with E-state index < -0.39 is 0 Å². The van der Waals surface area contributed by atoms with E-state index in [-0.39, 0.29) is 11.7 Å². The minimum Gasteiger partial charge on any atom is -0.497 e. The molecule has 136 valence electrons. The van der Waals surface area contributed by atoms with Crippen molar-refractivity contribution in [1.29, 1.82) is 0 Å². The molecule has 0 aromatic heterocycles. The molecular formula is C22H19NO4. The van der Waals surface area contributed by atoms with Crippen molar-refractivity contribution in [2.45, 2.75) is 0 Å². The highest BCUT2D eigenvalue weighted by molar-refractivity contribution is 6.17. The van der Waals surface area contributed by atoms with Crippen LogP contribution < -0.4 is 14.8 Å². The Labute approximate surface area is 157 Å². The van der Waals surface area contributed by atoms with Gasteiger partial charge < -0.3 is 14.8 Å². The number of rotatable bonds is 6. The molecule has 5 heteroatoms. The number of nitrogens with one attached hydrogen (secondary N) is 1. The third-order valence-electron chi connectivity index (χ3n) is 4.06. The second-order valence-corrected chi connectivity index (χ2v) is 5.80. The van der Waals surface area contributed by atoms with Gasteiger partial charge in [-0.2, -0.15) is 0 Å². The molecule has 5 nitrogen and oxygen atoms in total. The number of carbonyl (C=O) groups is 2. The molecule has 0 spiro atoms. The van der Waals surface area contributed by atoms with E-state index in [1.165, 1.54) is 14.2 Å². The summed E-state index contributed by atoms with van der Waals surface area (Å²) in [5, 5.41) is 2.80. The zero-order valence-electron chi connectivity index (χ0n) is 15.1. The predicted molar refractivity (Wildman–Crippen MR) is 104 cm³/mol. The van der Waals surface area contributed by atoms with Crippen molar-refractivity contribution in [1.82, 2.24) is 0 Å². The van der Waals surface area contributed by atoms with Crippen molar-refractivity contribution in [2.75, 3.05) is 19.5 Å². The highest BCUT2D eigenvalue weighted by Gasteiger charge is 2.18. The lowest BCUT2D eigenvalue weighted by Crippen LogP contribution is -2.17. The van der Waals surface area contributed by atoms with Crippen molar-refractivity contribution in [3.63, 3.8) is 0 Å². The first-order valence-electron chi connectivity index (χ1n) is 8.35. The summed E-state index contributed by atoms with van der Waals surface area (Å²) in [6.45, 7) is 0. The Morgan fingerprint density at radius 3 is 1.89 bits per heavy atom. The van der Waals surface area contributed by atoms with E-state index in [0.29, 0.717) is 33.9 Å². The highest BCUT2D eigenvalue weighted by atomic mass is 16.5. The van der Waals surface area contributed by atoms with E-state index in [2.05, 4.69) is 5.32 Å². The highest BCUT2D eigenvalue weighted by Crippen LogP contribution is 2.26. The molecule has 27 heavy (non-hydrogen) atoms. The van der Waals surface area contributed by atoms with Gasteiger partial charge in [-0.25, -0.2) is 0 Å². The van der Waals surface area contributed by atoms with Crippen LogP contribution in [0, 0.1) is 0 Å². The average molecular weight is 361 g/mol. The molecule has 0 bridgehead atoms. The molecule has 1 amide bonds. The first-order valence-corrected chi connectivity index (χ1v) is 8.35. The molecule has 0 saturated carbocycles. The van der Waals surface area contributed by atoms with Crippen LogP contribution in [0.3, 0.4) is 0 Å². The van der Waals surface area contributed by atoms with Gasteiger partial charge in [0.05, 0.1) is 19.8 Å². The zero-order valence-corrected chi connectivity index (χ0v) is 15.1. The van der Waals surface area contributed by atoms with Crippen molar-refractivity contribution >= 4 is 17.4 Å². The average Bonchev–Trinajstić information content (AvgIpc) is 2.73. The van der Waals surface area contributed by atoms with Crippen LogP contribution in [0.15, 0.2) is 72.8 Å². The third-order valence-corrected chi connectivity index (χ3v) is 4.06. The van der Waals surface area contributed by atoms with Crippen molar-refractivity contribution in [3.05, 3.63) is 89.5 Å². The molecule has 0 fully saturated rings. The zero-order chi connectivity index (χ0) is 19.2. The molecule has 3 rings (SSSR count). The van der Waals surface area contributed by atoms with Gasteiger partial charge in [-0.15, -0.1) is 0 Å². The molecule has 0 saturated heterocycles. The summed E-state index contributed by atoms with van der Waals surface area (Å²) in [5.74, 6) is 0.520. The summed E-state index contributed by atoms with van der Waals surface area (Å²) in [7, 11) is 3.07. The normalized spacial score (nSPS) is 10.1. The summed E-state index contributed by atoms with van der Waals surface area (Å²) in [6.07, 6.45) is 0. The molecule has 3 aromatic carbocycles. The molecule has 0 atom stereocenters. The van der Waals surface area contributed by atoms with Crippen LogP contribution in [0.1, 0.15) is 26.3 Å². The summed E-state index contributed by atoms with van der Waals surface area (Å²) in [6, 6.07) is 20.7. The van der Waals surface area contributed by atoms with Crippen LogP contribution in [0.25, 0.3) is 0 Å². The number of methoxy groups -OCH3 is 2. The lowest BCUT2D eigenvalue weighted by molar-refractivity contribution is 0.0996. The van der Waals surface area contributed by atoms with Gasteiger partial charge in [0.2, 0.25) is 0 Å². The Morgan fingerprint density at radius 2 is 1.30 bits per heavy atom. The largest absolute Gasteiger partial charge is 0.497 e. The van der Waals surface area contributed by atoms with Crippen LogP contribution in [-0.4, -0.2) is 25.9 Å². The van der Waals surface area contributed by atoms with Crippen molar-refractivity contribution in [2.24, 2.45) is 0 Å².